The normalized spacial score (nSPS) is 14.9. The fourth-order valence-corrected chi connectivity index (χ4v) is 1.99. The van der Waals surface area contributed by atoms with Crippen LogP contribution in [0.4, 0.5) is 5.69 Å². The van der Waals surface area contributed by atoms with E-state index in [0.29, 0.717) is 12.3 Å². The number of nitrogens with one attached hydrogen (secondary N) is 1. The average Bonchev–Trinajstić information content (AvgIpc) is 2.39. The third-order valence-corrected chi connectivity index (χ3v) is 3.20. The number of sulfonamides is 1. The van der Waals surface area contributed by atoms with Crippen molar-refractivity contribution < 1.29 is 22.7 Å². The zero-order valence-corrected chi connectivity index (χ0v) is 10.6. The molecule has 0 fully saturated rings. The molecule has 1 aromatic rings. The number of anilines is 1. The SMILES string of the molecule is NS(=O)(=O)c1cccc(NC(=O)C2=COCCO2)c1. The summed E-state index contributed by atoms with van der Waals surface area (Å²) in [4.78, 5) is 11.7. The van der Waals surface area contributed by atoms with Crippen molar-refractivity contribution in [3.05, 3.63) is 36.3 Å². The molecular formula is C11H12N2O5S. The minimum absolute atomic E-state index is 0.0345. The molecule has 0 unspecified atom stereocenters. The molecule has 1 aromatic carbocycles. The van der Waals surface area contributed by atoms with Crippen LogP contribution in [0, 0.1) is 0 Å². The van der Waals surface area contributed by atoms with Gasteiger partial charge in [0, 0.05) is 5.69 Å². The van der Waals surface area contributed by atoms with Gasteiger partial charge in [-0.2, -0.15) is 0 Å². The maximum atomic E-state index is 11.8. The Kier molecular flexibility index (Phi) is 3.72. The summed E-state index contributed by atoms with van der Waals surface area (Å²) in [5.74, 6) is -0.487. The van der Waals surface area contributed by atoms with Crippen molar-refractivity contribution in [2.24, 2.45) is 5.14 Å². The predicted molar refractivity (Wildman–Crippen MR) is 66.4 cm³/mol. The number of rotatable bonds is 3. The lowest BCUT2D eigenvalue weighted by molar-refractivity contribution is -0.117. The van der Waals surface area contributed by atoms with Gasteiger partial charge in [0.1, 0.15) is 19.5 Å². The Labute approximate surface area is 110 Å². The highest BCUT2D eigenvalue weighted by Crippen LogP contribution is 2.15. The number of hydrogen-bond acceptors (Lipinski definition) is 5. The van der Waals surface area contributed by atoms with Crippen LogP contribution < -0.4 is 10.5 Å². The highest BCUT2D eigenvalue weighted by Gasteiger charge is 2.16. The molecular weight excluding hydrogens is 272 g/mol. The van der Waals surface area contributed by atoms with Gasteiger partial charge in [-0.25, -0.2) is 13.6 Å². The maximum absolute atomic E-state index is 11.8. The second kappa shape index (κ2) is 5.29. The number of benzene rings is 1. The molecule has 0 saturated heterocycles. The third-order valence-electron chi connectivity index (χ3n) is 2.29. The molecule has 8 heteroatoms. The minimum Gasteiger partial charge on any atom is -0.494 e. The van der Waals surface area contributed by atoms with Gasteiger partial charge in [-0.1, -0.05) is 6.07 Å². The average molecular weight is 284 g/mol. The lowest BCUT2D eigenvalue weighted by Gasteiger charge is -2.15. The molecule has 2 rings (SSSR count). The fraction of sp³-hybridized carbons (Fsp3) is 0.182. The molecule has 0 radical (unpaired) electrons. The molecule has 3 N–H and O–H groups in total. The molecule has 19 heavy (non-hydrogen) atoms. The van der Waals surface area contributed by atoms with Crippen molar-refractivity contribution >= 4 is 21.6 Å². The Morgan fingerprint density at radius 2 is 2.11 bits per heavy atom. The third kappa shape index (κ3) is 3.46. The van der Waals surface area contributed by atoms with Crippen molar-refractivity contribution in [2.45, 2.75) is 4.90 Å². The zero-order chi connectivity index (χ0) is 13.9. The maximum Gasteiger partial charge on any atom is 0.294 e. The van der Waals surface area contributed by atoms with Crippen LogP contribution in [-0.2, 0) is 24.3 Å². The quantitative estimate of drug-likeness (QED) is 0.822. The standard InChI is InChI=1S/C11H12N2O5S/c12-19(15,16)9-3-1-2-8(6-9)13-11(14)10-7-17-4-5-18-10/h1-3,6-7H,4-5H2,(H,13,14)(H2,12,15,16). The van der Waals surface area contributed by atoms with Crippen LogP contribution in [-0.4, -0.2) is 27.5 Å². The number of nitrogens with two attached hydrogens (primary N) is 1. The first-order valence-electron chi connectivity index (χ1n) is 5.35. The van der Waals surface area contributed by atoms with Crippen molar-refractivity contribution in [1.82, 2.24) is 0 Å². The number of carbonyl (C=O) groups excluding carboxylic acids is 1. The highest BCUT2D eigenvalue weighted by atomic mass is 32.2. The summed E-state index contributed by atoms with van der Waals surface area (Å²) >= 11 is 0. The molecule has 0 saturated carbocycles. The summed E-state index contributed by atoms with van der Waals surface area (Å²) in [6, 6.07) is 5.61. The largest absolute Gasteiger partial charge is 0.494 e. The smallest absolute Gasteiger partial charge is 0.294 e. The van der Waals surface area contributed by atoms with E-state index in [0.717, 1.165) is 0 Å². The Bertz CT molecular complexity index is 624. The van der Waals surface area contributed by atoms with Crippen LogP contribution in [0.25, 0.3) is 0 Å². The van der Waals surface area contributed by atoms with Crippen LogP contribution in [0.1, 0.15) is 0 Å². The van der Waals surface area contributed by atoms with E-state index in [1.54, 1.807) is 0 Å². The van der Waals surface area contributed by atoms with Crippen molar-refractivity contribution in [2.75, 3.05) is 18.5 Å². The van der Waals surface area contributed by atoms with Gasteiger partial charge >= 0.3 is 0 Å². The van der Waals surface area contributed by atoms with Crippen LogP contribution in [0.15, 0.2) is 41.2 Å². The molecule has 1 aliphatic heterocycles. The first kappa shape index (κ1) is 13.4. The second-order valence-corrected chi connectivity index (χ2v) is 5.29. The summed E-state index contributed by atoms with van der Waals surface area (Å²) in [6.07, 6.45) is 1.21. The first-order valence-corrected chi connectivity index (χ1v) is 6.90. The predicted octanol–water partition coefficient (Wildman–Crippen LogP) is 0.161. The van der Waals surface area contributed by atoms with E-state index >= 15 is 0 Å². The van der Waals surface area contributed by atoms with E-state index in [2.05, 4.69) is 5.32 Å². The molecule has 0 atom stereocenters. The van der Waals surface area contributed by atoms with E-state index in [1.807, 2.05) is 0 Å². The van der Waals surface area contributed by atoms with Crippen LogP contribution >= 0.6 is 0 Å². The van der Waals surface area contributed by atoms with E-state index in [9.17, 15) is 13.2 Å². The van der Waals surface area contributed by atoms with Gasteiger partial charge in [0.05, 0.1) is 4.90 Å². The summed E-state index contributed by atoms with van der Waals surface area (Å²) < 4.78 is 32.4. The fourth-order valence-electron chi connectivity index (χ4n) is 1.43. The van der Waals surface area contributed by atoms with E-state index < -0.39 is 15.9 Å². The number of amides is 1. The molecule has 1 aliphatic rings. The van der Waals surface area contributed by atoms with Gasteiger partial charge in [0.25, 0.3) is 5.91 Å². The molecule has 0 aromatic heterocycles. The van der Waals surface area contributed by atoms with Gasteiger partial charge in [-0.15, -0.1) is 0 Å². The lowest BCUT2D eigenvalue weighted by atomic mass is 10.3. The summed E-state index contributed by atoms with van der Waals surface area (Å²) in [7, 11) is -3.81. The van der Waals surface area contributed by atoms with E-state index in [-0.39, 0.29) is 17.3 Å². The highest BCUT2D eigenvalue weighted by molar-refractivity contribution is 7.89. The van der Waals surface area contributed by atoms with Gasteiger partial charge in [0.2, 0.25) is 15.8 Å². The minimum atomic E-state index is -3.81. The Balaban J connectivity index is 2.15. The lowest BCUT2D eigenvalue weighted by Crippen LogP contribution is -2.21. The summed E-state index contributed by atoms with van der Waals surface area (Å²) in [5, 5.41) is 7.49. The number of primary sulfonamides is 1. The van der Waals surface area contributed by atoms with E-state index in [1.165, 1.54) is 30.5 Å². The van der Waals surface area contributed by atoms with E-state index in [4.69, 9.17) is 14.6 Å². The van der Waals surface area contributed by atoms with Gasteiger partial charge in [-0.3, -0.25) is 4.79 Å². The molecule has 102 valence electrons. The second-order valence-electron chi connectivity index (χ2n) is 3.73. The van der Waals surface area contributed by atoms with Gasteiger partial charge < -0.3 is 14.8 Å². The number of carbonyl (C=O) groups is 1. The Morgan fingerprint density at radius 3 is 2.74 bits per heavy atom. The molecule has 0 spiro atoms. The van der Waals surface area contributed by atoms with Crippen LogP contribution in [0.5, 0.6) is 0 Å². The van der Waals surface area contributed by atoms with Crippen molar-refractivity contribution in [3.63, 3.8) is 0 Å². The number of hydrogen-bond donors (Lipinski definition) is 2. The molecule has 0 bridgehead atoms. The first-order chi connectivity index (χ1) is 8.97. The monoisotopic (exact) mass is 284 g/mol. The molecule has 0 aliphatic carbocycles. The molecule has 1 heterocycles. The zero-order valence-electron chi connectivity index (χ0n) is 9.83. The molecule has 7 nitrogen and oxygen atoms in total. The topological polar surface area (TPSA) is 108 Å². The summed E-state index contributed by atoms with van der Waals surface area (Å²) in [6.45, 7) is 0.675. The van der Waals surface area contributed by atoms with Crippen molar-refractivity contribution in [1.29, 1.82) is 0 Å². The number of ether oxygens (including phenoxy) is 2. The van der Waals surface area contributed by atoms with Gasteiger partial charge in [-0.05, 0) is 18.2 Å². The van der Waals surface area contributed by atoms with Crippen LogP contribution in [0.3, 0.4) is 0 Å². The van der Waals surface area contributed by atoms with Gasteiger partial charge in [0.15, 0.2) is 0 Å². The van der Waals surface area contributed by atoms with Crippen LogP contribution in [0.2, 0.25) is 0 Å². The Morgan fingerprint density at radius 1 is 1.32 bits per heavy atom. The molecule has 1 amide bonds. The Hall–Kier alpha value is -2.06. The summed E-state index contributed by atoms with van der Waals surface area (Å²) in [5.41, 5.74) is 0.298. The van der Waals surface area contributed by atoms with Crippen molar-refractivity contribution in [3.8, 4) is 0 Å².